The fourth-order valence-corrected chi connectivity index (χ4v) is 4.39. The molecule has 1 amide bonds. The summed E-state index contributed by atoms with van der Waals surface area (Å²) in [6.07, 6.45) is 2.25. The van der Waals surface area contributed by atoms with Gasteiger partial charge in [0, 0.05) is 13.1 Å². The highest BCUT2D eigenvalue weighted by Gasteiger charge is 2.34. The number of fused-ring (bicyclic) bond motifs is 1. The number of carbonyl (C=O) groups is 1. The van der Waals surface area contributed by atoms with Crippen molar-refractivity contribution in [3.05, 3.63) is 71.8 Å². The Bertz CT molecular complexity index is 647. The Kier molecular flexibility index (Phi) is 4.84. The van der Waals surface area contributed by atoms with Gasteiger partial charge in [0.2, 0.25) is 5.91 Å². The van der Waals surface area contributed by atoms with E-state index in [0.717, 1.165) is 62.0 Å². The van der Waals surface area contributed by atoms with E-state index in [1.807, 2.05) is 36.4 Å². The Morgan fingerprint density at radius 2 is 1.32 bits per heavy atom. The summed E-state index contributed by atoms with van der Waals surface area (Å²) in [6, 6.07) is 20.4. The summed E-state index contributed by atoms with van der Waals surface area (Å²) in [5.41, 5.74) is 2.18. The maximum atomic E-state index is 13.5. The van der Waals surface area contributed by atoms with Crippen molar-refractivity contribution in [3.8, 4) is 0 Å². The van der Waals surface area contributed by atoms with Gasteiger partial charge in [0.15, 0.2) is 0 Å². The number of hydrogen-bond donors (Lipinski definition) is 1. The number of likely N-dealkylation sites (tertiary alicyclic amines) is 1. The minimum atomic E-state index is -0.196. The molecule has 4 rings (SSSR count). The van der Waals surface area contributed by atoms with Crippen LogP contribution in [-0.2, 0) is 4.79 Å². The third-order valence-corrected chi connectivity index (χ3v) is 5.84. The quantitative estimate of drug-likeness (QED) is 0.934. The van der Waals surface area contributed by atoms with Crippen molar-refractivity contribution < 1.29 is 4.79 Å². The van der Waals surface area contributed by atoms with Crippen LogP contribution in [0.5, 0.6) is 0 Å². The normalized spacial score (nSPS) is 23.3. The van der Waals surface area contributed by atoms with E-state index in [0.29, 0.717) is 0 Å². The van der Waals surface area contributed by atoms with E-state index >= 15 is 0 Å². The van der Waals surface area contributed by atoms with Crippen LogP contribution in [0.4, 0.5) is 0 Å². The zero-order valence-electron chi connectivity index (χ0n) is 14.6. The predicted molar refractivity (Wildman–Crippen MR) is 100 cm³/mol. The van der Waals surface area contributed by atoms with Crippen LogP contribution in [0.1, 0.15) is 29.9 Å². The van der Waals surface area contributed by atoms with Gasteiger partial charge >= 0.3 is 0 Å². The van der Waals surface area contributed by atoms with Crippen LogP contribution in [0.3, 0.4) is 0 Å². The summed E-state index contributed by atoms with van der Waals surface area (Å²) >= 11 is 0. The maximum Gasteiger partial charge on any atom is 0.234 e. The van der Waals surface area contributed by atoms with Gasteiger partial charge in [-0.15, -0.1) is 0 Å². The molecule has 0 radical (unpaired) electrons. The van der Waals surface area contributed by atoms with Gasteiger partial charge in [0.05, 0.1) is 5.92 Å². The number of carbonyl (C=O) groups excluding carboxylic acids is 1. The number of nitrogens with one attached hydrogen (secondary N) is 1. The van der Waals surface area contributed by atoms with E-state index in [4.69, 9.17) is 0 Å². The van der Waals surface area contributed by atoms with Gasteiger partial charge in [-0.25, -0.2) is 0 Å². The summed E-state index contributed by atoms with van der Waals surface area (Å²) in [5, 5.41) is 3.51. The van der Waals surface area contributed by atoms with Crippen LogP contribution in [0.15, 0.2) is 60.7 Å². The number of rotatable bonds is 3. The van der Waals surface area contributed by atoms with Gasteiger partial charge in [-0.1, -0.05) is 60.7 Å². The smallest absolute Gasteiger partial charge is 0.234 e. The fraction of sp³-hybridized carbons (Fsp3) is 0.409. The molecular weight excluding hydrogens is 308 g/mol. The minimum Gasteiger partial charge on any atom is -0.342 e. The third-order valence-electron chi connectivity index (χ3n) is 5.84. The van der Waals surface area contributed by atoms with Crippen molar-refractivity contribution >= 4 is 5.91 Å². The molecule has 0 spiro atoms. The molecule has 2 aliphatic rings. The van der Waals surface area contributed by atoms with E-state index in [-0.39, 0.29) is 11.8 Å². The van der Waals surface area contributed by atoms with Crippen LogP contribution >= 0.6 is 0 Å². The van der Waals surface area contributed by atoms with Crippen molar-refractivity contribution in [3.63, 3.8) is 0 Å². The van der Waals surface area contributed by atoms with Crippen LogP contribution in [-0.4, -0.2) is 37.0 Å². The van der Waals surface area contributed by atoms with Gasteiger partial charge in [-0.05, 0) is 48.9 Å². The molecule has 2 aromatic rings. The first-order valence-corrected chi connectivity index (χ1v) is 9.42. The standard InChI is InChI=1S/C22H26N2O/c25-22(24-13-11-19-15-23-16-20(19)12-14-24)21(17-7-3-1-4-8-17)18-9-5-2-6-10-18/h1-10,19-21,23H,11-16H2/t19-,20+. The fourth-order valence-electron chi connectivity index (χ4n) is 4.39. The Morgan fingerprint density at radius 1 is 0.840 bits per heavy atom. The largest absolute Gasteiger partial charge is 0.342 e. The number of nitrogens with zero attached hydrogens (tertiary/aromatic N) is 1. The topological polar surface area (TPSA) is 32.3 Å². The molecule has 3 nitrogen and oxygen atoms in total. The second kappa shape index (κ2) is 7.40. The lowest BCUT2D eigenvalue weighted by molar-refractivity contribution is -0.131. The second-order valence-electron chi connectivity index (χ2n) is 7.34. The lowest BCUT2D eigenvalue weighted by Gasteiger charge is -2.27. The first-order chi connectivity index (χ1) is 12.3. The predicted octanol–water partition coefficient (Wildman–Crippen LogP) is 3.28. The second-order valence-corrected chi connectivity index (χ2v) is 7.34. The molecule has 3 heteroatoms. The lowest BCUT2D eigenvalue weighted by Crippen LogP contribution is -2.37. The average molecular weight is 334 g/mol. The molecule has 1 N–H and O–H groups in total. The van der Waals surface area contributed by atoms with Crippen LogP contribution in [0, 0.1) is 11.8 Å². The van der Waals surface area contributed by atoms with Crippen LogP contribution in [0.25, 0.3) is 0 Å². The zero-order chi connectivity index (χ0) is 17.1. The molecule has 2 heterocycles. The van der Waals surface area contributed by atoms with E-state index in [2.05, 4.69) is 34.5 Å². The Balaban J connectivity index is 1.60. The van der Waals surface area contributed by atoms with Crippen molar-refractivity contribution in [2.45, 2.75) is 18.8 Å². The number of amides is 1. The van der Waals surface area contributed by atoms with E-state index < -0.39 is 0 Å². The Morgan fingerprint density at radius 3 is 1.80 bits per heavy atom. The van der Waals surface area contributed by atoms with Gasteiger partial charge in [-0.2, -0.15) is 0 Å². The molecule has 0 unspecified atom stereocenters. The summed E-state index contributed by atoms with van der Waals surface area (Å²) < 4.78 is 0. The Labute approximate surface area is 150 Å². The molecular formula is C22H26N2O. The van der Waals surface area contributed by atoms with Crippen LogP contribution in [0.2, 0.25) is 0 Å². The molecule has 0 aromatic heterocycles. The highest BCUT2D eigenvalue weighted by molar-refractivity contribution is 5.87. The lowest BCUT2D eigenvalue weighted by atomic mass is 9.90. The molecule has 2 atom stereocenters. The Hall–Kier alpha value is -2.13. The maximum absolute atomic E-state index is 13.5. The van der Waals surface area contributed by atoms with E-state index in [9.17, 15) is 4.79 Å². The molecule has 25 heavy (non-hydrogen) atoms. The zero-order valence-corrected chi connectivity index (χ0v) is 14.6. The molecule has 2 fully saturated rings. The summed E-state index contributed by atoms with van der Waals surface area (Å²) in [5.74, 6) is 1.54. The molecule has 130 valence electrons. The van der Waals surface area contributed by atoms with Gasteiger partial charge in [-0.3, -0.25) is 4.79 Å². The van der Waals surface area contributed by atoms with Crippen molar-refractivity contribution in [2.75, 3.05) is 26.2 Å². The SMILES string of the molecule is O=C(C(c1ccccc1)c1ccccc1)N1CC[C@@H]2CNC[C@@H]2CC1. The highest BCUT2D eigenvalue weighted by Crippen LogP contribution is 2.31. The monoisotopic (exact) mass is 334 g/mol. The summed E-state index contributed by atoms with van der Waals surface area (Å²) in [4.78, 5) is 15.6. The van der Waals surface area contributed by atoms with Gasteiger partial charge in [0.25, 0.3) is 0 Å². The summed E-state index contributed by atoms with van der Waals surface area (Å²) in [6.45, 7) is 4.01. The summed E-state index contributed by atoms with van der Waals surface area (Å²) in [7, 11) is 0. The van der Waals surface area contributed by atoms with E-state index in [1.165, 1.54) is 0 Å². The molecule has 0 saturated carbocycles. The van der Waals surface area contributed by atoms with Crippen molar-refractivity contribution in [2.24, 2.45) is 11.8 Å². The third kappa shape index (κ3) is 3.47. The van der Waals surface area contributed by atoms with Crippen LogP contribution < -0.4 is 5.32 Å². The van der Waals surface area contributed by atoms with Gasteiger partial charge < -0.3 is 10.2 Å². The van der Waals surface area contributed by atoms with E-state index in [1.54, 1.807) is 0 Å². The van der Waals surface area contributed by atoms with Gasteiger partial charge in [0.1, 0.15) is 0 Å². The average Bonchev–Trinajstić information content (AvgIpc) is 3.02. The minimum absolute atomic E-state index is 0.196. The number of hydrogen-bond acceptors (Lipinski definition) is 2. The molecule has 0 bridgehead atoms. The molecule has 2 aliphatic heterocycles. The first-order valence-electron chi connectivity index (χ1n) is 9.42. The molecule has 0 aliphatic carbocycles. The van der Waals surface area contributed by atoms with Crippen molar-refractivity contribution in [1.82, 2.24) is 10.2 Å². The molecule has 2 saturated heterocycles. The number of benzene rings is 2. The first kappa shape index (κ1) is 16.3. The molecule has 2 aromatic carbocycles. The highest BCUT2D eigenvalue weighted by atomic mass is 16.2. The van der Waals surface area contributed by atoms with Crippen molar-refractivity contribution in [1.29, 1.82) is 0 Å².